The number of hydrogen-bond donors (Lipinski definition) is 5. The summed E-state index contributed by atoms with van der Waals surface area (Å²) in [7, 11) is 3.40. The fourth-order valence-corrected chi connectivity index (χ4v) is 8.11. The molecule has 1 saturated heterocycles. The molecule has 1 saturated carbocycles. The zero-order chi connectivity index (χ0) is 44.9. The molecular weight excluding hydrogens is 824 g/mol. The number of fused-ring (bicyclic) bond motifs is 2. The number of anilines is 3. The lowest BCUT2D eigenvalue weighted by atomic mass is 10.0. The second kappa shape index (κ2) is 19.1. The zero-order valence-electron chi connectivity index (χ0n) is 35.7. The van der Waals surface area contributed by atoms with Gasteiger partial charge in [0.25, 0.3) is 17.4 Å². The molecule has 18 nitrogen and oxygen atoms in total. The number of nitrogens with zero attached hydrogens (tertiary/aromatic N) is 7. The molecule has 19 heteroatoms. The van der Waals surface area contributed by atoms with Gasteiger partial charge < -0.3 is 21.3 Å². The van der Waals surface area contributed by atoms with Crippen LogP contribution in [0.2, 0.25) is 0 Å². The number of amides is 4. The number of carbonyl (C=O) groups is 4. The lowest BCUT2D eigenvalue weighted by molar-refractivity contribution is -0.135. The Hall–Kier alpha value is -7.18. The number of benzene rings is 1. The average molecular weight is 875 g/mol. The Labute approximate surface area is 366 Å². The van der Waals surface area contributed by atoms with Crippen molar-refractivity contribution in [3.63, 3.8) is 0 Å². The normalized spacial score (nSPS) is 17.1. The van der Waals surface area contributed by atoms with Gasteiger partial charge in [-0.25, -0.2) is 23.7 Å². The number of unbranched alkanes of at least 4 members (excludes halogenated alkanes) is 7. The van der Waals surface area contributed by atoms with Crippen LogP contribution in [0.3, 0.4) is 0 Å². The van der Waals surface area contributed by atoms with Crippen LogP contribution in [0.1, 0.15) is 103 Å². The number of imidazole rings is 2. The predicted molar refractivity (Wildman–Crippen MR) is 238 cm³/mol. The summed E-state index contributed by atoms with van der Waals surface area (Å²) >= 11 is 0. The number of piperidine rings is 1. The maximum atomic E-state index is 13.6. The summed E-state index contributed by atoms with van der Waals surface area (Å²) in [6.07, 6.45) is 13.4. The molecule has 2 fully saturated rings. The van der Waals surface area contributed by atoms with Crippen molar-refractivity contribution in [2.75, 3.05) is 24.2 Å². The van der Waals surface area contributed by atoms with Crippen molar-refractivity contribution in [2.45, 2.75) is 95.3 Å². The van der Waals surface area contributed by atoms with Gasteiger partial charge in [-0.2, -0.15) is 0 Å². The molecule has 5 N–H and O–H groups in total. The van der Waals surface area contributed by atoms with Crippen molar-refractivity contribution < 1.29 is 23.6 Å². The van der Waals surface area contributed by atoms with E-state index in [4.69, 9.17) is 0 Å². The van der Waals surface area contributed by atoms with E-state index in [1.807, 2.05) is 18.2 Å². The molecule has 5 aromatic heterocycles. The summed E-state index contributed by atoms with van der Waals surface area (Å²) in [6.45, 7) is 0.541. The first-order chi connectivity index (χ1) is 31.0. The van der Waals surface area contributed by atoms with E-state index in [-0.39, 0.29) is 47.5 Å². The van der Waals surface area contributed by atoms with Crippen molar-refractivity contribution in [3.8, 4) is 5.82 Å². The Morgan fingerprint density at radius 1 is 0.875 bits per heavy atom. The number of hydrogen-bond acceptors (Lipinski definition) is 11. The van der Waals surface area contributed by atoms with E-state index in [1.54, 1.807) is 55.2 Å². The molecular formula is C45H51FN12O6. The Bertz CT molecular complexity index is 2850. The van der Waals surface area contributed by atoms with Gasteiger partial charge in [-0.1, -0.05) is 44.6 Å². The number of aromatic nitrogens is 7. The van der Waals surface area contributed by atoms with Gasteiger partial charge in [-0.15, -0.1) is 5.10 Å². The minimum absolute atomic E-state index is 0.122. The number of nitrogens with one attached hydrogen (secondary N) is 5. The Balaban J connectivity index is 0.746. The number of rotatable bonds is 19. The minimum atomic E-state index is -1.06. The van der Waals surface area contributed by atoms with Crippen LogP contribution in [0.15, 0.2) is 76.7 Å². The zero-order valence-corrected chi connectivity index (χ0v) is 35.7. The quantitative estimate of drug-likeness (QED) is 0.0558. The summed E-state index contributed by atoms with van der Waals surface area (Å²) in [6, 6.07) is 12.9. The number of aryl methyl sites for hydroxylation is 2. The molecule has 64 heavy (non-hydrogen) atoms. The lowest BCUT2D eigenvalue weighted by Gasteiger charge is -2.21. The maximum absolute atomic E-state index is 13.6. The van der Waals surface area contributed by atoms with Gasteiger partial charge in [-0.05, 0) is 67.6 Å². The van der Waals surface area contributed by atoms with E-state index >= 15 is 0 Å². The minimum Gasteiger partial charge on any atom is -0.385 e. The molecule has 2 aliphatic rings. The topological polar surface area (TPSA) is 220 Å². The monoisotopic (exact) mass is 874 g/mol. The summed E-state index contributed by atoms with van der Waals surface area (Å²) < 4.78 is 19.2. The molecule has 3 atom stereocenters. The van der Waals surface area contributed by atoms with Crippen LogP contribution in [-0.4, -0.2) is 82.7 Å². The first-order valence-electron chi connectivity index (χ1n) is 21.8. The van der Waals surface area contributed by atoms with Crippen LogP contribution >= 0.6 is 0 Å². The van der Waals surface area contributed by atoms with Crippen LogP contribution in [0, 0.1) is 0 Å². The summed E-state index contributed by atoms with van der Waals surface area (Å²) in [4.78, 5) is 85.1. The molecule has 334 valence electrons. The third-order valence-electron chi connectivity index (χ3n) is 11.8. The third kappa shape index (κ3) is 9.42. The molecule has 0 spiro atoms. The SMILES string of the molecule is CNc1cc(Nc2cccn(-c3ccc(C(=O)NCCCCCCCCCCc4ccc5c(c4)n(C)c(=O)n5C4CCC(=O)NC4=O)cn3)c2=O)nn2c(C(=O)N[C@@H]3C[C@@H]3F)cnc12. The van der Waals surface area contributed by atoms with E-state index in [1.165, 1.54) is 26.0 Å². The third-order valence-corrected chi connectivity index (χ3v) is 11.8. The molecule has 4 amide bonds. The highest BCUT2D eigenvalue weighted by atomic mass is 19.1. The first-order valence-corrected chi connectivity index (χ1v) is 21.8. The molecule has 1 unspecified atom stereocenters. The Morgan fingerprint density at radius 2 is 1.64 bits per heavy atom. The number of halogens is 1. The fourth-order valence-electron chi connectivity index (χ4n) is 8.11. The van der Waals surface area contributed by atoms with Crippen LogP contribution in [-0.2, 0) is 23.1 Å². The van der Waals surface area contributed by atoms with Crippen molar-refractivity contribution >= 4 is 57.5 Å². The molecule has 1 aliphatic heterocycles. The second-order valence-electron chi connectivity index (χ2n) is 16.4. The first kappa shape index (κ1) is 43.5. The van der Waals surface area contributed by atoms with Crippen LogP contribution in [0.4, 0.5) is 21.6 Å². The van der Waals surface area contributed by atoms with Crippen molar-refractivity contribution in [3.05, 3.63) is 105 Å². The van der Waals surface area contributed by atoms with E-state index in [2.05, 4.69) is 41.7 Å². The smallest absolute Gasteiger partial charge is 0.329 e. The van der Waals surface area contributed by atoms with Gasteiger partial charge in [0.2, 0.25) is 11.8 Å². The molecule has 0 bridgehead atoms. The number of pyridine rings is 2. The number of alkyl halides is 1. The highest BCUT2D eigenvalue weighted by Gasteiger charge is 2.39. The van der Waals surface area contributed by atoms with Gasteiger partial charge in [0.1, 0.15) is 23.7 Å². The molecule has 6 heterocycles. The fraction of sp³-hybridized carbons (Fsp3) is 0.400. The van der Waals surface area contributed by atoms with Gasteiger partial charge in [0.15, 0.2) is 17.2 Å². The number of carbonyl (C=O) groups excluding carboxylic acids is 4. The standard InChI is InChI=1S/C45H51FN12O6/c1-47-32-24-37(54-58-36(26-50-40(32)58)43(62)52-31-23-29(31)46)51-30-13-11-21-56(44(30)63)38-18-15-28(25-49-38)41(60)48-20-10-8-6-4-3-5-7-9-12-27-14-16-33-35(22-27)55(2)45(64)57(33)34-17-19-39(59)53-42(34)61/h11,13-16,18,21-22,24-26,29,31,34,47H,3-10,12,17,19-20,23H2,1-2H3,(H,48,60)(H,51,54)(H,52,62)(H,53,59,61)/t29-,31+,34?/m0/s1. The van der Waals surface area contributed by atoms with Gasteiger partial charge in [0, 0.05) is 51.9 Å². The Morgan fingerprint density at radius 3 is 2.36 bits per heavy atom. The maximum Gasteiger partial charge on any atom is 0.329 e. The van der Waals surface area contributed by atoms with Crippen LogP contribution in [0.5, 0.6) is 0 Å². The highest BCUT2D eigenvalue weighted by molar-refractivity contribution is 6.00. The summed E-state index contributed by atoms with van der Waals surface area (Å²) in [5.74, 6) is -0.920. The van der Waals surface area contributed by atoms with Crippen LogP contribution < -0.4 is 37.8 Å². The molecule has 8 rings (SSSR count). The van der Waals surface area contributed by atoms with Crippen molar-refractivity contribution in [2.24, 2.45) is 7.05 Å². The van der Waals surface area contributed by atoms with Gasteiger partial charge >= 0.3 is 5.69 Å². The Kier molecular flexibility index (Phi) is 12.9. The predicted octanol–water partition coefficient (Wildman–Crippen LogP) is 4.63. The molecule has 6 aromatic rings. The van der Waals surface area contributed by atoms with Gasteiger partial charge in [-0.3, -0.25) is 43.0 Å². The van der Waals surface area contributed by atoms with Gasteiger partial charge in [0.05, 0.1) is 34.5 Å². The van der Waals surface area contributed by atoms with Crippen molar-refractivity contribution in [1.29, 1.82) is 0 Å². The largest absolute Gasteiger partial charge is 0.385 e. The van der Waals surface area contributed by atoms with E-state index in [0.29, 0.717) is 41.2 Å². The van der Waals surface area contributed by atoms with Crippen LogP contribution in [0.25, 0.3) is 22.5 Å². The molecule has 1 aliphatic carbocycles. The lowest BCUT2D eigenvalue weighted by Crippen LogP contribution is -2.44. The van der Waals surface area contributed by atoms with E-state index in [0.717, 1.165) is 68.9 Å². The molecule has 1 aromatic carbocycles. The summed E-state index contributed by atoms with van der Waals surface area (Å²) in [5.41, 5.74) is 3.55. The molecule has 0 radical (unpaired) electrons. The van der Waals surface area contributed by atoms with Crippen molar-refractivity contribution in [1.82, 2.24) is 49.2 Å². The highest BCUT2D eigenvalue weighted by Crippen LogP contribution is 2.27. The number of imide groups is 1. The average Bonchev–Trinajstić information content (AvgIpc) is 3.70. The van der Waals surface area contributed by atoms with E-state index < -0.39 is 35.6 Å². The second-order valence-corrected chi connectivity index (χ2v) is 16.4. The van der Waals surface area contributed by atoms with E-state index in [9.17, 15) is 33.2 Å². The summed E-state index contributed by atoms with van der Waals surface area (Å²) in [5, 5.41) is 18.5.